The molecule has 1 aliphatic heterocycles. The second-order valence-electron chi connectivity index (χ2n) is 7.33. The first kappa shape index (κ1) is 20.1. The highest BCUT2D eigenvalue weighted by atomic mass is 16.2. The summed E-state index contributed by atoms with van der Waals surface area (Å²) in [4.78, 5) is 24.5. The molecule has 1 aliphatic rings. The molecule has 3 rings (SSSR count). The molecule has 7 heteroatoms. The van der Waals surface area contributed by atoms with Gasteiger partial charge in [0, 0.05) is 24.9 Å². The predicted molar refractivity (Wildman–Crippen MR) is 109 cm³/mol. The lowest BCUT2D eigenvalue weighted by Crippen LogP contribution is -2.53. The van der Waals surface area contributed by atoms with Crippen LogP contribution in [0.4, 0.5) is 5.82 Å². The van der Waals surface area contributed by atoms with Gasteiger partial charge in [-0.25, -0.2) is 4.68 Å². The maximum Gasteiger partial charge on any atom is 0.225 e. The van der Waals surface area contributed by atoms with Crippen LogP contribution in [0, 0.1) is 6.92 Å². The Morgan fingerprint density at radius 1 is 1.32 bits per heavy atom. The zero-order valence-corrected chi connectivity index (χ0v) is 16.6. The van der Waals surface area contributed by atoms with Gasteiger partial charge in [0.25, 0.3) is 0 Å². The summed E-state index contributed by atoms with van der Waals surface area (Å²) in [5.74, 6) is 0.539. The molecule has 2 unspecified atom stereocenters. The molecule has 2 heterocycles. The van der Waals surface area contributed by atoms with Crippen molar-refractivity contribution in [2.75, 3.05) is 5.32 Å². The van der Waals surface area contributed by atoms with E-state index in [9.17, 15) is 9.59 Å². The number of rotatable bonds is 8. The van der Waals surface area contributed by atoms with Crippen LogP contribution >= 0.6 is 0 Å². The van der Waals surface area contributed by atoms with E-state index in [0.717, 1.165) is 31.4 Å². The summed E-state index contributed by atoms with van der Waals surface area (Å²) in [6.07, 6.45) is 4.01. The highest BCUT2D eigenvalue weighted by Crippen LogP contribution is 2.19. The first-order chi connectivity index (χ1) is 13.5. The Morgan fingerprint density at radius 3 is 2.86 bits per heavy atom. The highest BCUT2D eigenvalue weighted by Gasteiger charge is 2.28. The van der Waals surface area contributed by atoms with Gasteiger partial charge in [0.05, 0.1) is 5.69 Å². The number of benzene rings is 1. The van der Waals surface area contributed by atoms with Gasteiger partial charge in [0.15, 0.2) is 6.29 Å². The van der Waals surface area contributed by atoms with E-state index < -0.39 is 6.29 Å². The molecule has 1 aromatic heterocycles. The molecule has 150 valence electrons. The normalized spacial score (nSPS) is 19.3. The Balaban J connectivity index is 1.60. The lowest BCUT2D eigenvalue weighted by atomic mass is 10.1. The van der Waals surface area contributed by atoms with Crippen molar-refractivity contribution in [1.82, 2.24) is 20.4 Å². The molecule has 1 saturated heterocycles. The van der Waals surface area contributed by atoms with Crippen molar-refractivity contribution in [3.05, 3.63) is 47.7 Å². The van der Waals surface area contributed by atoms with Crippen LogP contribution in [0.2, 0.25) is 0 Å². The number of carbonyl (C=O) groups excluding carboxylic acids is 2. The Bertz CT molecular complexity index is 802. The largest absolute Gasteiger partial charge is 0.322 e. The SMILES string of the molecule is CCCC1CC(=O)NC(n2nc(C)cc2NC(=O)CCCc2ccccc2)N1. The topological polar surface area (TPSA) is 88.1 Å². The number of aryl methyl sites for hydroxylation is 2. The molecule has 0 spiro atoms. The average molecular weight is 383 g/mol. The smallest absolute Gasteiger partial charge is 0.225 e. The number of hydrogen-bond acceptors (Lipinski definition) is 4. The summed E-state index contributed by atoms with van der Waals surface area (Å²) in [6, 6.07) is 12.1. The second-order valence-corrected chi connectivity index (χ2v) is 7.33. The number of hydrogen-bond donors (Lipinski definition) is 3. The third kappa shape index (κ3) is 5.42. The van der Waals surface area contributed by atoms with Crippen molar-refractivity contribution in [3.63, 3.8) is 0 Å². The monoisotopic (exact) mass is 383 g/mol. The molecular weight excluding hydrogens is 354 g/mol. The van der Waals surface area contributed by atoms with Gasteiger partial charge < -0.3 is 10.6 Å². The van der Waals surface area contributed by atoms with Crippen LogP contribution in [0.1, 0.15) is 56.6 Å². The van der Waals surface area contributed by atoms with Gasteiger partial charge in [-0.2, -0.15) is 5.10 Å². The van der Waals surface area contributed by atoms with Crippen LogP contribution in [-0.4, -0.2) is 27.6 Å². The van der Waals surface area contributed by atoms with E-state index in [1.165, 1.54) is 5.56 Å². The molecule has 0 radical (unpaired) electrons. The maximum absolute atomic E-state index is 12.4. The van der Waals surface area contributed by atoms with Crippen molar-refractivity contribution in [1.29, 1.82) is 0 Å². The number of nitrogens with one attached hydrogen (secondary N) is 3. The fraction of sp³-hybridized carbons (Fsp3) is 0.476. The van der Waals surface area contributed by atoms with E-state index in [1.54, 1.807) is 4.68 Å². The van der Waals surface area contributed by atoms with Gasteiger partial charge >= 0.3 is 0 Å². The minimum absolute atomic E-state index is 0.00418. The van der Waals surface area contributed by atoms with Gasteiger partial charge in [-0.05, 0) is 31.7 Å². The van der Waals surface area contributed by atoms with Crippen molar-refractivity contribution < 1.29 is 9.59 Å². The van der Waals surface area contributed by atoms with Crippen LogP contribution < -0.4 is 16.0 Å². The molecule has 2 atom stereocenters. The summed E-state index contributed by atoms with van der Waals surface area (Å²) in [5, 5.41) is 13.7. The number of anilines is 1. The highest BCUT2D eigenvalue weighted by molar-refractivity contribution is 5.90. The molecular formula is C21H29N5O2. The van der Waals surface area contributed by atoms with E-state index >= 15 is 0 Å². The van der Waals surface area contributed by atoms with Crippen molar-refractivity contribution in [2.24, 2.45) is 0 Å². The Kier molecular flexibility index (Phi) is 6.81. The van der Waals surface area contributed by atoms with Crippen molar-refractivity contribution in [3.8, 4) is 0 Å². The third-order valence-corrected chi connectivity index (χ3v) is 4.84. The molecule has 1 aromatic carbocycles. The summed E-state index contributed by atoms with van der Waals surface area (Å²) in [7, 11) is 0. The van der Waals surface area contributed by atoms with Crippen LogP contribution in [0.3, 0.4) is 0 Å². The second kappa shape index (κ2) is 9.50. The van der Waals surface area contributed by atoms with Gasteiger partial charge in [-0.15, -0.1) is 0 Å². The molecule has 28 heavy (non-hydrogen) atoms. The van der Waals surface area contributed by atoms with Crippen LogP contribution in [0.15, 0.2) is 36.4 Å². The maximum atomic E-state index is 12.4. The molecule has 0 aliphatic carbocycles. The van der Waals surface area contributed by atoms with E-state index in [4.69, 9.17) is 0 Å². The fourth-order valence-corrected chi connectivity index (χ4v) is 3.53. The lowest BCUT2D eigenvalue weighted by Gasteiger charge is -2.32. The zero-order chi connectivity index (χ0) is 19.9. The summed E-state index contributed by atoms with van der Waals surface area (Å²) >= 11 is 0. The minimum Gasteiger partial charge on any atom is -0.322 e. The molecule has 2 amide bonds. The molecule has 0 saturated carbocycles. The predicted octanol–water partition coefficient (Wildman–Crippen LogP) is 2.89. The van der Waals surface area contributed by atoms with E-state index in [2.05, 4.69) is 40.1 Å². The third-order valence-electron chi connectivity index (χ3n) is 4.84. The number of amides is 2. The molecule has 7 nitrogen and oxygen atoms in total. The molecule has 1 fully saturated rings. The number of carbonyl (C=O) groups is 2. The summed E-state index contributed by atoms with van der Waals surface area (Å²) < 4.78 is 1.66. The van der Waals surface area contributed by atoms with E-state index in [0.29, 0.717) is 18.7 Å². The Morgan fingerprint density at radius 2 is 2.11 bits per heavy atom. The standard InChI is InChI=1S/C21H29N5O2/c1-3-8-17-14-20(28)24-21(22-17)26-18(13-15(2)25-26)23-19(27)12-7-11-16-9-5-4-6-10-16/h4-6,9-10,13,17,21-22H,3,7-8,11-12,14H2,1-2H3,(H,23,27)(H,24,28). The first-order valence-electron chi connectivity index (χ1n) is 10.0. The molecule has 2 aromatic rings. The number of aromatic nitrogens is 2. The zero-order valence-electron chi connectivity index (χ0n) is 16.6. The van der Waals surface area contributed by atoms with Crippen molar-refractivity contribution in [2.45, 2.75) is 64.7 Å². The van der Waals surface area contributed by atoms with Crippen LogP contribution in [-0.2, 0) is 16.0 Å². The van der Waals surface area contributed by atoms with Gasteiger partial charge in [0.1, 0.15) is 5.82 Å². The average Bonchev–Trinajstić information content (AvgIpc) is 3.02. The lowest BCUT2D eigenvalue weighted by molar-refractivity contribution is -0.125. The first-order valence-corrected chi connectivity index (χ1v) is 10.0. The molecule has 3 N–H and O–H groups in total. The minimum atomic E-state index is -0.453. The molecule has 0 bridgehead atoms. The van der Waals surface area contributed by atoms with Crippen LogP contribution in [0.25, 0.3) is 0 Å². The van der Waals surface area contributed by atoms with E-state index in [-0.39, 0.29) is 17.9 Å². The van der Waals surface area contributed by atoms with Gasteiger partial charge in [0.2, 0.25) is 11.8 Å². The number of nitrogens with zero attached hydrogens (tertiary/aromatic N) is 2. The van der Waals surface area contributed by atoms with Crippen molar-refractivity contribution >= 4 is 17.6 Å². The van der Waals surface area contributed by atoms with Gasteiger partial charge in [-0.3, -0.25) is 14.9 Å². The Hall–Kier alpha value is -2.67. The summed E-state index contributed by atoms with van der Waals surface area (Å²) in [6.45, 7) is 3.97. The van der Waals surface area contributed by atoms with Gasteiger partial charge in [-0.1, -0.05) is 43.7 Å². The quantitative estimate of drug-likeness (QED) is 0.654. The Labute approximate surface area is 165 Å². The fourth-order valence-electron chi connectivity index (χ4n) is 3.53. The summed E-state index contributed by atoms with van der Waals surface area (Å²) in [5.41, 5.74) is 2.01. The van der Waals surface area contributed by atoms with Crippen LogP contribution in [0.5, 0.6) is 0 Å². The van der Waals surface area contributed by atoms with E-state index in [1.807, 2.05) is 31.2 Å².